The number of carbonyl (C=O) groups is 2. The number of aromatic nitrogens is 3. The maximum absolute atomic E-state index is 13.3. The summed E-state index contributed by atoms with van der Waals surface area (Å²) < 4.78 is 1.92. The van der Waals surface area contributed by atoms with Crippen LogP contribution in [0.15, 0.2) is 48.5 Å². The predicted octanol–water partition coefficient (Wildman–Crippen LogP) is 2.97. The Hall–Kier alpha value is -3.68. The van der Waals surface area contributed by atoms with Gasteiger partial charge in [-0.2, -0.15) is 0 Å². The van der Waals surface area contributed by atoms with E-state index in [4.69, 9.17) is 0 Å². The van der Waals surface area contributed by atoms with Crippen LogP contribution in [-0.2, 0) is 11.3 Å². The molecule has 8 heteroatoms. The summed E-state index contributed by atoms with van der Waals surface area (Å²) in [5.74, 6) is 1.00. The fourth-order valence-electron chi connectivity index (χ4n) is 4.51. The molecule has 3 heterocycles. The van der Waals surface area contributed by atoms with Gasteiger partial charge >= 0.3 is 6.03 Å². The zero-order valence-corrected chi connectivity index (χ0v) is 18.0. The summed E-state index contributed by atoms with van der Waals surface area (Å²) in [6.45, 7) is 4.57. The predicted molar refractivity (Wildman–Crippen MR) is 116 cm³/mol. The summed E-state index contributed by atoms with van der Waals surface area (Å²) in [5, 5.41) is 8.92. The Bertz CT molecular complexity index is 1190. The Morgan fingerprint density at radius 2 is 1.68 bits per heavy atom. The van der Waals surface area contributed by atoms with Crippen LogP contribution in [0.2, 0.25) is 0 Å². The molecule has 2 aliphatic heterocycles. The molecule has 158 valence electrons. The van der Waals surface area contributed by atoms with Gasteiger partial charge in [-0.05, 0) is 19.4 Å². The van der Waals surface area contributed by atoms with Crippen molar-refractivity contribution < 1.29 is 9.59 Å². The maximum atomic E-state index is 13.3. The van der Waals surface area contributed by atoms with Gasteiger partial charge in [-0.3, -0.25) is 14.3 Å². The lowest BCUT2D eigenvalue weighted by Gasteiger charge is -2.40. The highest BCUT2D eigenvalue weighted by Gasteiger charge is 2.54. The summed E-state index contributed by atoms with van der Waals surface area (Å²) >= 11 is 0. The number of hydrogen-bond donors (Lipinski definition) is 0. The van der Waals surface area contributed by atoms with Gasteiger partial charge in [0.05, 0.1) is 0 Å². The quantitative estimate of drug-likeness (QED) is 0.656. The van der Waals surface area contributed by atoms with E-state index in [-0.39, 0.29) is 11.9 Å². The number of amides is 3. The van der Waals surface area contributed by atoms with E-state index in [2.05, 4.69) is 16.3 Å². The first-order valence-corrected chi connectivity index (χ1v) is 10.3. The Labute approximate surface area is 180 Å². The van der Waals surface area contributed by atoms with Gasteiger partial charge in [0.1, 0.15) is 6.17 Å². The van der Waals surface area contributed by atoms with Gasteiger partial charge in [-0.1, -0.05) is 59.7 Å². The monoisotopic (exact) mass is 416 g/mol. The zero-order valence-electron chi connectivity index (χ0n) is 18.0. The van der Waals surface area contributed by atoms with Gasteiger partial charge in [0.15, 0.2) is 11.9 Å². The Morgan fingerprint density at radius 3 is 2.39 bits per heavy atom. The Morgan fingerprint density at radius 1 is 0.935 bits per heavy atom. The second-order valence-electron chi connectivity index (χ2n) is 8.33. The average molecular weight is 416 g/mol. The lowest BCUT2D eigenvalue weighted by molar-refractivity contribution is -0.133. The van der Waals surface area contributed by atoms with Crippen LogP contribution < -0.4 is 4.90 Å². The molecule has 3 aromatic rings. The maximum Gasteiger partial charge on any atom is 0.327 e. The minimum absolute atomic E-state index is 0.235. The lowest BCUT2D eigenvalue weighted by atomic mass is 10.1. The first kappa shape index (κ1) is 19.3. The second kappa shape index (κ2) is 6.94. The van der Waals surface area contributed by atoms with Crippen molar-refractivity contribution in [3.05, 3.63) is 65.2 Å². The normalized spacial score (nSPS) is 20.3. The number of anilines is 1. The summed E-state index contributed by atoms with van der Waals surface area (Å²) in [6.07, 6.45) is -0.512. The van der Waals surface area contributed by atoms with Gasteiger partial charge in [0, 0.05) is 26.2 Å². The molecular weight excluding hydrogens is 392 g/mol. The van der Waals surface area contributed by atoms with Gasteiger partial charge in [0.2, 0.25) is 5.95 Å². The van der Waals surface area contributed by atoms with E-state index in [0.717, 1.165) is 22.3 Å². The molecule has 2 unspecified atom stereocenters. The van der Waals surface area contributed by atoms with E-state index >= 15 is 0 Å². The van der Waals surface area contributed by atoms with Crippen molar-refractivity contribution in [2.45, 2.75) is 32.6 Å². The molecule has 2 atom stereocenters. The fourth-order valence-corrected chi connectivity index (χ4v) is 4.51. The number of rotatable bonds is 3. The van der Waals surface area contributed by atoms with E-state index in [0.29, 0.717) is 18.3 Å². The van der Waals surface area contributed by atoms with Gasteiger partial charge < -0.3 is 9.80 Å². The molecule has 0 bridgehead atoms. The van der Waals surface area contributed by atoms with Crippen LogP contribution in [0.25, 0.3) is 11.4 Å². The highest BCUT2D eigenvalue weighted by Crippen LogP contribution is 2.42. The number of benzene rings is 2. The first-order chi connectivity index (χ1) is 14.9. The Balaban J connectivity index is 1.65. The molecule has 31 heavy (non-hydrogen) atoms. The number of likely N-dealkylation sites (N-methyl/N-ethyl adjacent to an activating group) is 2. The van der Waals surface area contributed by atoms with Crippen molar-refractivity contribution in [2.75, 3.05) is 19.0 Å². The lowest BCUT2D eigenvalue weighted by Crippen LogP contribution is -2.61. The summed E-state index contributed by atoms with van der Waals surface area (Å²) in [4.78, 5) is 30.8. The van der Waals surface area contributed by atoms with Crippen molar-refractivity contribution in [3.8, 4) is 11.4 Å². The highest BCUT2D eigenvalue weighted by molar-refractivity contribution is 6.02. The van der Waals surface area contributed by atoms with Crippen LogP contribution in [0.3, 0.4) is 0 Å². The number of urea groups is 1. The van der Waals surface area contributed by atoms with E-state index in [1.807, 2.05) is 65.8 Å². The van der Waals surface area contributed by atoms with Crippen molar-refractivity contribution in [3.63, 3.8) is 0 Å². The largest absolute Gasteiger partial charge is 0.327 e. The van der Waals surface area contributed by atoms with Crippen LogP contribution in [0.1, 0.15) is 22.9 Å². The molecule has 5 rings (SSSR count). The molecule has 2 aromatic carbocycles. The fraction of sp³-hybridized carbons (Fsp3) is 0.304. The molecule has 1 fully saturated rings. The number of nitrogens with zero attached hydrogens (tertiary/aromatic N) is 6. The molecule has 1 aromatic heterocycles. The van der Waals surface area contributed by atoms with Crippen molar-refractivity contribution in [1.29, 1.82) is 0 Å². The number of aryl methyl sites for hydroxylation is 2. The molecule has 8 nitrogen and oxygen atoms in total. The van der Waals surface area contributed by atoms with E-state index in [1.54, 1.807) is 11.9 Å². The van der Waals surface area contributed by atoms with Crippen molar-refractivity contribution >= 4 is 17.9 Å². The molecule has 0 spiro atoms. The van der Waals surface area contributed by atoms with E-state index in [1.165, 1.54) is 11.9 Å². The molecule has 2 aliphatic rings. The summed E-state index contributed by atoms with van der Waals surface area (Å²) in [5.41, 5.74) is 4.26. The number of carbonyl (C=O) groups excluding carboxylic acids is 2. The molecule has 3 amide bonds. The smallest absolute Gasteiger partial charge is 0.321 e. The molecule has 0 N–H and O–H groups in total. The third kappa shape index (κ3) is 2.90. The molecule has 1 saturated heterocycles. The first-order valence-electron chi connectivity index (χ1n) is 10.3. The topological polar surface area (TPSA) is 74.6 Å². The van der Waals surface area contributed by atoms with E-state index in [9.17, 15) is 9.59 Å². The van der Waals surface area contributed by atoms with Crippen LogP contribution in [0.4, 0.5) is 10.7 Å². The minimum atomic E-state index is -0.567. The van der Waals surface area contributed by atoms with Crippen LogP contribution in [0, 0.1) is 13.8 Å². The second-order valence-corrected chi connectivity index (χ2v) is 8.33. The van der Waals surface area contributed by atoms with E-state index < -0.39 is 12.2 Å². The van der Waals surface area contributed by atoms with Crippen LogP contribution in [0.5, 0.6) is 0 Å². The summed E-state index contributed by atoms with van der Waals surface area (Å²) in [7, 11) is 3.25. The third-order valence-corrected chi connectivity index (χ3v) is 6.13. The number of imide groups is 1. The molecule has 0 saturated carbocycles. The SMILES string of the molecule is Cc1ccc(-c2nnc3n2C2C(C(=O)N(C)C(=O)N2C)N3Cc2cccc(C)c2)cc1. The van der Waals surface area contributed by atoms with Crippen LogP contribution >= 0.6 is 0 Å². The van der Waals surface area contributed by atoms with Crippen LogP contribution in [-0.4, -0.2) is 56.6 Å². The number of fused-ring (bicyclic) bond motifs is 3. The average Bonchev–Trinajstić information content (AvgIpc) is 3.30. The molecular formula is C23H24N6O2. The Kier molecular flexibility index (Phi) is 4.32. The zero-order chi connectivity index (χ0) is 21.9. The van der Waals surface area contributed by atoms with Gasteiger partial charge in [-0.25, -0.2) is 4.79 Å². The third-order valence-electron chi connectivity index (χ3n) is 6.13. The molecule has 0 radical (unpaired) electrons. The minimum Gasteiger partial charge on any atom is -0.321 e. The van der Waals surface area contributed by atoms with Gasteiger partial charge in [-0.15, -0.1) is 10.2 Å². The van der Waals surface area contributed by atoms with Gasteiger partial charge in [0.25, 0.3) is 5.91 Å². The standard InChI is InChI=1S/C23H24N6O2/c1-14-8-10-17(11-9-14)19-24-25-22-28(13-16-7-5-6-15(2)12-16)18-20(29(19)22)26(3)23(31)27(4)21(18)30/h5-12,18,20H,13H2,1-4H3. The van der Waals surface area contributed by atoms with Crippen molar-refractivity contribution in [2.24, 2.45) is 0 Å². The summed E-state index contributed by atoms with van der Waals surface area (Å²) in [6, 6.07) is 15.3. The van der Waals surface area contributed by atoms with Crippen molar-refractivity contribution in [1.82, 2.24) is 24.6 Å². The highest BCUT2D eigenvalue weighted by atomic mass is 16.2. The molecule has 0 aliphatic carbocycles. The number of hydrogen-bond acceptors (Lipinski definition) is 5.